The van der Waals surface area contributed by atoms with Gasteiger partial charge < -0.3 is 25.0 Å². The molecule has 3 rings (SSSR count). The molecule has 192 valence electrons. The summed E-state index contributed by atoms with van der Waals surface area (Å²) < 4.78 is 11.2. The molecule has 8 nitrogen and oxygen atoms in total. The highest BCUT2D eigenvalue weighted by Crippen LogP contribution is 2.34. The standard InChI is InChI=1S/C27H32ClN3O5/c1-4-18(12-25(28)29-3)27(34)30-21-6-5-17(2)23(14-21)20-11-24(19-7-9-35-10-8-19)31-26(13-20)36-16-22(33)15-32/h4-6,11-14,19,22,32-33H,3,7-10,15-16H2,1-2H3,(H,30,34)/b18-4+,25-12-/t22-/m1/s1. The zero-order valence-electron chi connectivity index (χ0n) is 20.5. The van der Waals surface area contributed by atoms with Gasteiger partial charge in [-0.25, -0.2) is 4.98 Å². The number of benzene rings is 1. The van der Waals surface area contributed by atoms with Crippen molar-refractivity contribution in [2.45, 2.75) is 38.7 Å². The first kappa shape index (κ1) is 27.5. The number of carbonyl (C=O) groups excluding carboxylic acids is 1. The van der Waals surface area contributed by atoms with Crippen LogP contribution in [-0.2, 0) is 9.53 Å². The average molecular weight is 514 g/mol. The number of nitrogens with one attached hydrogen (secondary N) is 1. The fourth-order valence-electron chi connectivity index (χ4n) is 3.86. The van der Waals surface area contributed by atoms with Gasteiger partial charge in [0, 0.05) is 42.2 Å². The molecule has 0 radical (unpaired) electrons. The first-order chi connectivity index (χ1) is 17.3. The maximum absolute atomic E-state index is 12.8. The van der Waals surface area contributed by atoms with Crippen molar-refractivity contribution in [3.8, 4) is 17.0 Å². The Kier molecular flexibility index (Phi) is 10.2. The number of halogens is 1. The number of aliphatic hydroxyl groups excluding tert-OH is 2. The van der Waals surface area contributed by atoms with E-state index in [0.29, 0.717) is 30.4 Å². The molecule has 2 aromatic rings. The van der Waals surface area contributed by atoms with Crippen LogP contribution in [-0.4, -0.2) is 60.4 Å². The number of carbonyl (C=O) groups is 1. The fourth-order valence-corrected chi connectivity index (χ4v) is 3.98. The highest BCUT2D eigenvalue weighted by atomic mass is 35.5. The lowest BCUT2D eigenvalue weighted by atomic mass is 9.92. The van der Waals surface area contributed by atoms with Crippen molar-refractivity contribution in [2.75, 3.05) is 31.7 Å². The molecule has 9 heteroatoms. The maximum atomic E-state index is 12.8. The van der Waals surface area contributed by atoms with Crippen LogP contribution < -0.4 is 10.1 Å². The number of amides is 1. The van der Waals surface area contributed by atoms with Gasteiger partial charge in [-0.2, -0.15) is 0 Å². The summed E-state index contributed by atoms with van der Waals surface area (Å²) in [6.45, 7) is 7.96. The summed E-state index contributed by atoms with van der Waals surface area (Å²) in [7, 11) is 0. The van der Waals surface area contributed by atoms with E-state index in [2.05, 4.69) is 22.0 Å². The lowest BCUT2D eigenvalue weighted by molar-refractivity contribution is -0.112. The van der Waals surface area contributed by atoms with E-state index in [1.165, 1.54) is 6.08 Å². The quantitative estimate of drug-likeness (QED) is 0.188. The fraction of sp³-hybridized carbons (Fsp3) is 0.370. The van der Waals surface area contributed by atoms with Crippen molar-refractivity contribution >= 4 is 29.9 Å². The van der Waals surface area contributed by atoms with Crippen LogP contribution >= 0.6 is 11.6 Å². The molecule has 1 aromatic heterocycles. The minimum absolute atomic E-state index is 0.0724. The van der Waals surface area contributed by atoms with Crippen LogP contribution in [0.3, 0.4) is 0 Å². The molecule has 0 aliphatic carbocycles. The van der Waals surface area contributed by atoms with Gasteiger partial charge in [-0.3, -0.25) is 9.79 Å². The largest absolute Gasteiger partial charge is 0.475 e. The number of anilines is 1. The van der Waals surface area contributed by atoms with Crippen molar-refractivity contribution in [1.82, 2.24) is 4.98 Å². The Hall–Kier alpha value is -3.04. The van der Waals surface area contributed by atoms with Crippen LogP contribution in [0.2, 0.25) is 0 Å². The Morgan fingerprint density at radius 3 is 2.78 bits per heavy atom. The molecule has 1 saturated heterocycles. The van der Waals surface area contributed by atoms with Gasteiger partial charge in [0.2, 0.25) is 5.88 Å². The third-order valence-electron chi connectivity index (χ3n) is 5.90. The van der Waals surface area contributed by atoms with Crippen molar-refractivity contribution in [2.24, 2.45) is 4.99 Å². The highest BCUT2D eigenvalue weighted by molar-refractivity contribution is 6.30. The van der Waals surface area contributed by atoms with Gasteiger partial charge in [0.25, 0.3) is 5.91 Å². The maximum Gasteiger partial charge on any atom is 0.255 e. The van der Waals surface area contributed by atoms with E-state index in [4.69, 9.17) is 26.2 Å². The Morgan fingerprint density at radius 2 is 2.11 bits per heavy atom. The normalized spacial score (nSPS) is 15.9. The summed E-state index contributed by atoms with van der Waals surface area (Å²) in [5, 5.41) is 21.9. The number of pyridine rings is 1. The molecule has 0 unspecified atom stereocenters. The molecule has 3 N–H and O–H groups in total. The first-order valence-corrected chi connectivity index (χ1v) is 12.2. The van der Waals surface area contributed by atoms with Gasteiger partial charge in [0.15, 0.2) is 0 Å². The molecule has 2 heterocycles. The number of aryl methyl sites for hydroxylation is 1. The van der Waals surface area contributed by atoms with E-state index in [1.807, 2.05) is 31.2 Å². The molecule has 1 aliphatic heterocycles. The third-order valence-corrected chi connectivity index (χ3v) is 6.13. The van der Waals surface area contributed by atoms with E-state index in [1.54, 1.807) is 19.1 Å². The number of allylic oxidation sites excluding steroid dienone is 1. The van der Waals surface area contributed by atoms with Crippen molar-refractivity contribution in [3.05, 3.63) is 64.5 Å². The summed E-state index contributed by atoms with van der Waals surface area (Å²) in [5.41, 5.74) is 4.63. The lowest BCUT2D eigenvalue weighted by Gasteiger charge is -2.23. The van der Waals surface area contributed by atoms with E-state index < -0.39 is 12.7 Å². The Bertz CT molecular complexity index is 1140. The van der Waals surface area contributed by atoms with Crippen LogP contribution in [0.1, 0.15) is 36.9 Å². The van der Waals surface area contributed by atoms with E-state index in [9.17, 15) is 9.90 Å². The number of aliphatic imine (C=N–C) groups is 1. The second-order valence-corrected chi connectivity index (χ2v) is 8.89. The summed E-state index contributed by atoms with van der Waals surface area (Å²) in [4.78, 5) is 21.1. The molecular weight excluding hydrogens is 482 g/mol. The molecule has 0 saturated carbocycles. The molecule has 1 amide bonds. The molecule has 0 spiro atoms. The minimum atomic E-state index is -0.998. The van der Waals surface area contributed by atoms with E-state index in [-0.39, 0.29) is 23.6 Å². The number of ether oxygens (including phenoxy) is 2. The Labute approximate surface area is 216 Å². The Balaban J connectivity index is 1.95. The number of hydrogen-bond donors (Lipinski definition) is 3. The van der Waals surface area contributed by atoms with Crippen LogP contribution in [0.25, 0.3) is 11.1 Å². The van der Waals surface area contributed by atoms with E-state index in [0.717, 1.165) is 35.2 Å². The highest BCUT2D eigenvalue weighted by Gasteiger charge is 2.20. The number of rotatable bonds is 10. The number of hydrogen-bond acceptors (Lipinski definition) is 7. The minimum Gasteiger partial charge on any atom is -0.475 e. The van der Waals surface area contributed by atoms with Crippen LogP contribution in [0.15, 0.2) is 58.2 Å². The summed E-state index contributed by atoms with van der Waals surface area (Å²) in [5.74, 6) is 0.260. The summed E-state index contributed by atoms with van der Waals surface area (Å²) in [6, 6.07) is 9.49. The number of nitrogens with zero attached hydrogens (tertiary/aromatic N) is 2. The van der Waals surface area contributed by atoms with Gasteiger partial charge in [0.1, 0.15) is 17.9 Å². The molecular formula is C27H32ClN3O5. The summed E-state index contributed by atoms with van der Waals surface area (Å²) >= 11 is 5.92. The average Bonchev–Trinajstić information content (AvgIpc) is 2.91. The zero-order chi connectivity index (χ0) is 26.1. The zero-order valence-corrected chi connectivity index (χ0v) is 21.3. The molecule has 1 atom stereocenters. The topological polar surface area (TPSA) is 113 Å². The van der Waals surface area contributed by atoms with Gasteiger partial charge in [-0.05, 0) is 74.4 Å². The van der Waals surface area contributed by atoms with Crippen LogP contribution in [0.4, 0.5) is 5.69 Å². The van der Waals surface area contributed by atoms with Crippen molar-refractivity contribution in [3.63, 3.8) is 0 Å². The van der Waals surface area contributed by atoms with Gasteiger partial charge in [-0.1, -0.05) is 23.7 Å². The third kappa shape index (κ3) is 7.48. The second kappa shape index (κ2) is 13.3. The van der Waals surface area contributed by atoms with Crippen LogP contribution in [0.5, 0.6) is 5.88 Å². The molecule has 1 aliphatic rings. The second-order valence-electron chi connectivity index (χ2n) is 8.51. The van der Waals surface area contributed by atoms with Gasteiger partial charge in [0.05, 0.1) is 6.61 Å². The monoisotopic (exact) mass is 513 g/mol. The predicted octanol–water partition coefficient (Wildman–Crippen LogP) is 4.35. The number of aliphatic hydroxyl groups is 2. The molecule has 1 fully saturated rings. The lowest BCUT2D eigenvalue weighted by Crippen LogP contribution is -2.22. The van der Waals surface area contributed by atoms with E-state index >= 15 is 0 Å². The smallest absolute Gasteiger partial charge is 0.255 e. The SMILES string of the molecule is C=N/C(Cl)=C\C(=C/C)C(=O)Nc1ccc(C)c(-c2cc(OC[C@H](O)CO)nc(C3CCOCC3)c2)c1. The molecule has 36 heavy (non-hydrogen) atoms. The Morgan fingerprint density at radius 1 is 1.36 bits per heavy atom. The number of aromatic nitrogens is 1. The predicted molar refractivity (Wildman–Crippen MR) is 142 cm³/mol. The first-order valence-electron chi connectivity index (χ1n) is 11.8. The molecule has 0 bridgehead atoms. The molecule has 1 aromatic carbocycles. The summed E-state index contributed by atoms with van der Waals surface area (Å²) in [6.07, 6.45) is 3.80. The van der Waals surface area contributed by atoms with Crippen molar-refractivity contribution < 1.29 is 24.5 Å². The van der Waals surface area contributed by atoms with Crippen LogP contribution in [0, 0.1) is 6.92 Å². The van der Waals surface area contributed by atoms with Gasteiger partial charge in [-0.15, -0.1) is 0 Å². The van der Waals surface area contributed by atoms with Crippen molar-refractivity contribution in [1.29, 1.82) is 0 Å². The van der Waals surface area contributed by atoms with Gasteiger partial charge >= 0.3 is 0 Å².